The second kappa shape index (κ2) is 5.60. The van der Waals surface area contributed by atoms with E-state index >= 15 is 0 Å². The van der Waals surface area contributed by atoms with E-state index in [0.29, 0.717) is 5.56 Å². The maximum absolute atomic E-state index is 13.4. The molecule has 0 aromatic carbocycles. The third-order valence-corrected chi connectivity index (χ3v) is 3.53. The van der Waals surface area contributed by atoms with Crippen LogP contribution in [-0.2, 0) is 4.74 Å². The highest BCUT2D eigenvalue weighted by Crippen LogP contribution is 2.28. The lowest BCUT2D eigenvalue weighted by molar-refractivity contribution is 0.0373. The van der Waals surface area contributed by atoms with Gasteiger partial charge in [-0.3, -0.25) is 0 Å². The third kappa shape index (κ3) is 3.69. The molecule has 1 aromatic rings. The molecule has 21 heavy (non-hydrogen) atoms. The molecule has 6 heteroatoms. The van der Waals surface area contributed by atoms with Crippen molar-refractivity contribution in [2.45, 2.75) is 46.1 Å². The monoisotopic (exact) mass is 296 g/mol. The number of pyridine rings is 1. The van der Waals surface area contributed by atoms with Crippen LogP contribution in [0.15, 0.2) is 12.3 Å². The molecule has 1 aliphatic rings. The molecule has 1 amide bonds. The van der Waals surface area contributed by atoms with Gasteiger partial charge in [0.1, 0.15) is 18.7 Å². The lowest BCUT2D eigenvalue weighted by Gasteiger charge is -2.33. The van der Waals surface area contributed by atoms with Crippen LogP contribution in [-0.4, -0.2) is 29.8 Å². The van der Waals surface area contributed by atoms with Crippen molar-refractivity contribution in [1.29, 1.82) is 0 Å². The van der Waals surface area contributed by atoms with Gasteiger partial charge >= 0.3 is 6.09 Å². The largest absolute Gasteiger partial charge is 0.452 e. The van der Waals surface area contributed by atoms with Gasteiger partial charge in [0.2, 0.25) is 5.95 Å². The number of hydrogen-bond donors (Lipinski definition) is 1. The number of nitrogens with one attached hydrogen (secondary N) is 1. The van der Waals surface area contributed by atoms with Gasteiger partial charge in [0.25, 0.3) is 0 Å². The van der Waals surface area contributed by atoms with E-state index in [1.54, 1.807) is 13.0 Å². The SMILES string of the molecule is Cc1cc([N+]2(NC(=O)OC(C)(C)C)CCCC2)cnc1F. The minimum absolute atomic E-state index is 0.267. The van der Waals surface area contributed by atoms with Gasteiger partial charge in [0.15, 0.2) is 5.69 Å². The number of ether oxygens (including phenoxy) is 1. The number of rotatable bonds is 2. The van der Waals surface area contributed by atoms with Crippen LogP contribution in [0.25, 0.3) is 0 Å². The normalized spacial score (nSPS) is 17.6. The fraction of sp³-hybridized carbons (Fsp3) is 0.600. The number of quaternary nitrogens is 1. The highest BCUT2D eigenvalue weighted by molar-refractivity contribution is 5.69. The van der Waals surface area contributed by atoms with Gasteiger partial charge in [-0.1, -0.05) is 0 Å². The van der Waals surface area contributed by atoms with Crippen molar-refractivity contribution in [1.82, 2.24) is 15.0 Å². The topological polar surface area (TPSA) is 51.2 Å². The second-order valence-electron chi connectivity index (χ2n) is 6.54. The lowest BCUT2D eigenvalue weighted by atomic mass is 10.2. The predicted octanol–water partition coefficient (Wildman–Crippen LogP) is 3.07. The van der Waals surface area contributed by atoms with Gasteiger partial charge in [-0.2, -0.15) is 14.4 Å². The molecule has 0 unspecified atom stereocenters. The number of carbonyl (C=O) groups is 1. The van der Waals surface area contributed by atoms with Gasteiger partial charge in [-0.05, 0) is 27.7 Å². The Kier molecular flexibility index (Phi) is 4.18. The Morgan fingerprint density at radius 3 is 2.52 bits per heavy atom. The van der Waals surface area contributed by atoms with E-state index in [-0.39, 0.29) is 4.59 Å². The molecule has 5 nitrogen and oxygen atoms in total. The molecule has 1 fully saturated rings. The number of aryl methyl sites for hydroxylation is 1. The molecular formula is C15H23FN3O2+. The van der Waals surface area contributed by atoms with E-state index in [4.69, 9.17) is 4.74 Å². The lowest BCUT2D eigenvalue weighted by Crippen LogP contribution is -2.60. The summed E-state index contributed by atoms with van der Waals surface area (Å²) in [5.41, 5.74) is 3.64. The van der Waals surface area contributed by atoms with Crippen molar-refractivity contribution in [2.75, 3.05) is 13.1 Å². The first-order valence-corrected chi connectivity index (χ1v) is 7.23. The molecule has 0 radical (unpaired) electrons. The highest BCUT2D eigenvalue weighted by Gasteiger charge is 2.39. The molecule has 0 saturated carbocycles. The third-order valence-electron chi connectivity index (χ3n) is 3.53. The zero-order valence-corrected chi connectivity index (χ0v) is 13.1. The van der Waals surface area contributed by atoms with Crippen molar-refractivity contribution < 1.29 is 13.9 Å². The highest BCUT2D eigenvalue weighted by atomic mass is 19.1. The average Bonchev–Trinajstić information content (AvgIpc) is 2.79. The van der Waals surface area contributed by atoms with Crippen molar-refractivity contribution in [3.63, 3.8) is 0 Å². The van der Waals surface area contributed by atoms with Crippen molar-refractivity contribution in [3.8, 4) is 0 Å². The van der Waals surface area contributed by atoms with Gasteiger partial charge in [0.05, 0.1) is 6.20 Å². The van der Waals surface area contributed by atoms with Crippen LogP contribution in [0, 0.1) is 12.9 Å². The van der Waals surface area contributed by atoms with Crippen LogP contribution in [0.2, 0.25) is 0 Å². The molecule has 2 rings (SSSR count). The summed E-state index contributed by atoms with van der Waals surface area (Å²) >= 11 is 0. The van der Waals surface area contributed by atoms with Crippen LogP contribution < -0.4 is 10.0 Å². The van der Waals surface area contributed by atoms with E-state index in [9.17, 15) is 9.18 Å². The number of carbonyl (C=O) groups excluding carboxylic acids is 1. The molecule has 2 heterocycles. The Hall–Kier alpha value is -1.69. The standard InChI is InChI=1S/C15H22FN3O2/c1-11-9-12(10-17-13(11)16)19(7-5-6-8-19)18-14(20)21-15(2,3)4/h9-10H,5-8H2,1-4H3/p+1. The summed E-state index contributed by atoms with van der Waals surface area (Å²) in [4.78, 5) is 15.9. The van der Waals surface area contributed by atoms with Crippen LogP contribution in [0.5, 0.6) is 0 Å². The summed E-state index contributed by atoms with van der Waals surface area (Å²) in [6.07, 6.45) is 3.01. The molecular weight excluding hydrogens is 273 g/mol. The predicted molar refractivity (Wildman–Crippen MR) is 79.1 cm³/mol. The summed E-state index contributed by atoms with van der Waals surface area (Å²) in [6, 6.07) is 1.74. The van der Waals surface area contributed by atoms with E-state index in [0.717, 1.165) is 31.6 Å². The Bertz CT molecular complexity index is 534. The molecule has 0 bridgehead atoms. The van der Waals surface area contributed by atoms with Gasteiger partial charge in [-0.15, -0.1) is 0 Å². The molecule has 1 N–H and O–H groups in total. The quantitative estimate of drug-likeness (QED) is 0.674. The molecule has 0 aliphatic carbocycles. The summed E-state index contributed by atoms with van der Waals surface area (Å²) in [7, 11) is 0. The maximum atomic E-state index is 13.4. The smallest absolute Gasteiger partial charge is 0.441 e. The summed E-state index contributed by atoms with van der Waals surface area (Å²) < 4.78 is 19.0. The van der Waals surface area contributed by atoms with Gasteiger partial charge in [-0.25, -0.2) is 9.78 Å². The summed E-state index contributed by atoms with van der Waals surface area (Å²) in [6.45, 7) is 8.66. The molecule has 0 spiro atoms. The molecule has 1 aromatic heterocycles. The Labute approximate surface area is 124 Å². The zero-order valence-electron chi connectivity index (χ0n) is 13.1. The van der Waals surface area contributed by atoms with E-state index in [1.165, 1.54) is 6.20 Å². The summed E-state index contributed by atoms with van der Waals surface area (Å²) in [5, 5.41) is 0. The zero-order chi connectivity index (χ0) is 15.7. The number of nitrogens with zero attached hydrogens (tertiary/aromatic N) is 2. The van der Waals surface area contributed by atoms with Crippen LogP contribution in [0.1, 0.15) is 39.2 Å². The second-order valence-corrected chi connectivity index (χ2v) is 6.54. The van der Waals surface area contributed by atoms with E-state index in [2.05, 4.69) is 10.4 Å². The van der Waals surface area contributed by atoms with Crippen LogP contribution >= 0.6 is 0 Å². The molecule has 116 valence electrons. The van der Waals surface area contributed by atoms with Crippen LogP contribution in [0.4, 0.5) is 14.9 Å². The van der Waals surface area contributed by atoms with E-state index in [1.807, 2.05) is 20.8 Å². The first-order valence-electron chi connectivity index (χ1n) is 7.23. The molecule has 1 aliphatic heterocycles. The number of halogens is 1. The van der Waals surface area contributed by atoms with Gasteiger partial charge in [0, 0.05) is 24.5 Å². The maximum Gasteiger partial charge on any atom is 0.452 e. The van der Waals surface area contributed by atoms with Crippen LogP contribution in [0.3, 0.4) is 0 Å². The molecule has 0 atom stereocenters. The minimum atomic E-state index is -0.551. The Morgan fingerprint density at radius 1 is 1.38 bits per heavy atom. The van der Waals surface area contributed by atoms with Crippen molar-refractivity contribution >= 4 is 11.8 Å². The molecule has 1 saturated heterocycles. The Balaban J connectivity index is 2.24. The fourth-order valence-electron chi connectivity index (χ4n) is 2.56. The fourth-order valence-corrected chi connectivity index (χ4v) is 2.56. The first kappa shape index (κ1) is 15.7. The minimum Gasteiger partial charge on any atom is -0.441 e. The first-order chi connectivity index (χ1) is 9.72. The average molecular weight is 296 g/mol. The number of hydrogen-bond acceptors (Lipinski definition) is 3. The number of aromatic nitrogens is 1. The van der Waals surface area contributed by atoms with Gasteiger partial charge < -0.3 is 4.74 Å². The number of amides is 1. The Morgan fingerprint density at radius 2 is 2.00 bits per heavy atom. The summed E-state index contributed by atoms with van der Waals surface area (Å²) in [5.74, 6) is -0.478. The van der Waals surface area contributed by atoms with Crippen molar-refractivity contribution in [2.24, 2.45) is 0 Å². The van der Waals surface area contributed by atoms with E-state index < -0.39 is 17.6 Å². The van der Waals surface area contributed by atoms with Crippen molar-refractivity contribution in [3.05, 3.63) is 23.8 Å².